The quantitative estimate of drug-likeness (QED) is 0.819. The molecule has 1 aromatic carbocycles. The summed E-state index contributed by atoms with van der Waals surface area (Å²) in [6.07, 6.45) is 0.369. The summed E-state index contributed by atoms with van der Waals surface area (Å²) in [7, 11) is 0. The molecular weight excluding hydrogens is 263 g/mol. The number of halogens is 1. The Morgan fingerprint density at radius 2 is 2.15 bits per heavy atom. The van der Waals surface area contributed by atoms with Gasteiger partial charge in [0.15, 0.2) is 0 Å². The van der Waals surface area contributed by atoms with Crippen molar-refractivity contribution >= 4 is 0 Å². The Morgan fingerprint density at radius 3 is 2.80 bits per heavy atom. The summed E-state index contributed by atoms with van der Waals surface area (Å²) >= 11 is 0. The van der Waals surface area contributed by atoms with Crippen molar-refractivity contribution in [3.05, 3.63) is 46.3 Å². The molecular formula is C14H15FN2O3. The molecule has 5 nitrogen and oxygen atoms in total. The minimum Gasteiger partial charge on any atom is -0.493 e. The number of H-pyrrole nitrogens is 1. The minimum atomic E-state index is -0.586. The van der Waals surface area contributed by atoms with E-state index in [1.807, 2.05) is 6.92 Å². The summed E-state index contributed by atoms with van der Waals surface area (Å²) in [4.78, 5) is 18.4. The largest absolute Gasteiger partial charge is 0.493 e. The van der Waals surface area contributed by atoms with Crippen molar-refractivity contribution in [2.75, 3.05) is 13.2 Å². The van der Waals surface area contributed by atoms with Crippen LogP contribution in [0.15, 0.2) is 29.1 Å². The molecule has 0 atom stereocenters. The molecule has 0 radical (unpaired) electrons. The van der Waals surface area contributed by atoms with Crippen molar-refractivity contribution in [1.29, 1.82) is 0 Å². The van der Waals surface area contributed by atoms with E-state index in [1.54, 1.807) is 6.07 Å². The summed E-state index contributed by atoms with van der Waals surface area (Å²) in [5.41, 5.74) is -0.715. The lowest BCUT2D eigenvalue weighted by Gasteiger charge is -2.07. The molecule has 6 heteroatoms. The van der Waals surface area contributed by atoms with E-state index in [2.05, 4.69) is 9.97 Å². The molecule has 2 rings (SSSR count). The van der Waals surface area contributed by atoms with Crippen LogP contribution >= 0.6 is 0 Å². The van der Waals surface area contributed by atoms with Crippen LogP contribution in [-0.4, -0.2) is 28.3 Å². The molecule has 0 aliphatic carbocycles. The van der Waals surface area contributed by atoms with Crippen molar-refractivity contribution in [3.8, 4) is 17.0 Å². The normalized spacial score (nSPS) is 10.7. The van der Waals surface area contributed by atoms with Crippen LogP contribution in [0, 0.1) is 5.82 Å². The summed E-state index contributed by atoms with van der Waals surface area (Å²) in [5.74, 6) is -0.761. The average Bonchev–Trinajstić information content (AvgIpc) is 2.40. The Bertz CT molecular complexity index is 655. The Morgan fingerprint density at radius 1 is 1.40 bits per heavy atom. The smallest absolute Gasteiger partial charge is 0.262 e. The van der Waals surface area contributed by atoms with Crippen LogP contribution in [-0.2, 0) is 11.2 Å². The van der Waals surface area contributed by atoms with Gasteiger partial charge in [-0.3, -0.25) is 4.79 Å². The van der Waals surface area contributed by atoms with Gasteiger partial charge in [-0.2, -0.15) is 4.98 Å². The standard InChI is InChI=1S/C14H15FN2O3/c1-2-20-8-7-11-16-13(18)12(14(19)17-11)9-5-3-4-6-10(9)15/h3-6H,2,7-8H2,1H3,(H2,16,17,18,19). The number of rotatable bonds is 5. The molecule has 0 fully saturated rings. The number of benzene rings is 1. The highest BCUT2D eigenvalue weighted by Crippen LogP contribution is 2.25. The molecule has 1 aromatic heterocycles. The minimum absolute atomic E-state index is 0.0232. The molecule has 106 valence electrons. The van der Waals surface area contributed by atoms with Gasteiger partial charge in [0.2, 0.25) is 5.88 Å². The first-order chi connectivity index (χ1) is 9.63. The number of nitrogens with one attached hydrogen (secondary N) is 1. The maximum absolute atomic E-state index is 13.7. The third-order valence-corrected chi connectivity index (χ3v) is 2.78. The van der Waals surface area contributed by atoms with Gasteiger partial charge in [0.25, 0.3) is 5.56 Å². The second-order valence-corrected chi connectivity index (χ2v) is 4.14. The summed E-state index contributed by atoms with van der Waals surface area (Å²) < 4.78 is 18.8. The summed E-state index contributed by atoms with van der Waals surface area (Å²) in [6, 6.07) is 5.73. The third-order valence-electron chi connectivity index (χ3n) is 2.78. The predicted octanol–water partition coefficient (Wildman–Crippen LogP) is 1.86. The van der Waals surface area contributed by atoms with E-state index in [4.69, 9.17) is 4.74 Å². The molecule has 0 spiro atoms. The first-order valence-corrected chi connectivity index (χ1v) is 6.28. The van der Waals surface area contributed by atoms with Crippen molar-refractivity contribution in [2.45, 2.75) is 13.3 Å². The second kappa shape index (κ2) is 6.29. The van der Waals surface area contributed by atoms with Crippen LogP contribution in [0.1, 0.15) is 12.7 Å². The third kappa shape index (κ3) is 3.03. The SMILES string of the molecule is CCOCCc1nc(O)c(-c2ccccc2F)c(=O)[nH]1. The van der Waals surface area contributed by atoms with Crippen LogP contribution in [0.25, 0.3) is 11.1 Å². The van der Waals surface area contributed by atoms with Gasteiger partial charge in [-0.25, -0.2) is 4.39 Å². The number of hydrogen-bond donors (Lipinski definition) is 2. The Balaban J connectivity index is 2.37. The number of aromatic nitrogens is 2. The summed E-state index contributed by atoms with van der Waals surface area (Å²) in [5, 5.41) is 9.87. The maximum atomic E-state index is 13.7. The van der Waals surface area contributed by atoms with E-state index in [0.29, 0.717) is 25.5 Å². The lowest BCUT2D eigenvalue weighted by molar-refractivity contribution is 0.149. The maximum Gasteiger partial charge on any atom is 0.262 e. The van der Waals surface area contributed by atoms with Gasteiger partial charge in [-0.15, -0.1) is 0 Å². The number of ether oxygens (including phenoxy) is 1. The number of hydrogen-bond acceptors (Lipinski definition) is 4. The van der Waals surface area contributed by atoms with E-state index in [-0.39, 0.29) is 11.1 Å². The number of aromatic amines is 1. The fourth-order valence-electron chi connectivity index (χ4n) is 1.85. The molecule has 0 unspecified atom stereocenters. The van der Waals surface area contributed by atoms with E-state index in [9.17, 15) is 14.3 Å². The van der Waals surface area contributed by atoms with Gasteiger partial charge in [-0.05, 0) is 13.0 Å². The van der Waals surface area contributed by atoms with Crippen LogP contribution in [0.5, 0.6) is 5.88 Å². The van der Waals surface area contributed by atoms with Crippen molar-refractivity contribution in [2.24, 2.45) is 0 Å². The summed E-state index contributed by atoms with van der Waals surface area (Å²) in [6.45, 7) is 2.80. The highest BCUT2D eigenvalue weighted by atomic mass is 19.1. The van der Waals surface area contributed by atoms with E-state index >= 15 is 0 Å². The zero-order valence-electron chi connectivity index (χ0n) is 11.0. The van der Waals surface area contributed by atoms with Gasteiger partial charge in [0.05, 0.1) is 6.61 Å². The molecule has 0 amide bonds. The van der Waals surface area contributed by atoms with Gasteiger partial charge < -0.3 is 14.8 Å². The molecule has 0 bridgehead atoms. The lowest BCUT2D eigenvalue weighted by atomic mass is 10.1. The second-order valence-electron chi connectivity index (χ2n) is 4.14. The molecule has 1 heterocycles. The van der Waals surface area contributed by atoms with Crippen LogP contribution in [0.4, 0.5) is 4.39 Å². The van der Waals surface area contributed by atoms with Gasteiger partial charge in [0, 0.05) is 18.6 Å². The molecule has 0 saturated heterocycles. The van der Waals surface area contributed by atoms with Gasteiger partial charge in [0.1, 0.15) is 17.2 Å². The van der Waals surface area contributed by atoms with Crippen LogP contribution < -0.4 is 5.56 Å². The van der Waals surface area contributed by atoms with E-state index < -0.39 is 17.3 Å². The van der Waals surface area contributed by atoms with E-state index in [1.165, 1.54) is 18.2 Å². The monoisotopic (exact) mass is 278 g/mol. The van der Waals surface area contributed by atoms with Crippen LogP contribution in [0.3, 0.4) is 0 Å². The zero-order valence-corrected chi connectivity index (χ0v) is 11.0. The molecule has 2 N–H and O–H groups in total. The Kier molecular flexibility index (Phi) is 4.47. The first-order valence-electron chi connectivity index (χ1n) is 6.28. The highest BCUT2D eigenvalue weighted by Gasteiger charge is 2.16. The fraction of sp³-hybridized carbons (Fsp3) is 0.286. The zero-order chi connectivity index (χ0) is 14.5. The van der Waals surface area contributed by atoms with Crippen molar-refractivity contribution in [1.82, 2.24) is 9.97 Å². The van der Waals surface area contributed by atoms with Crippen molar-refractivity contribution in [3.63, 3.8) is 0 Å². The fourth-order valence-corrected chi connectivity index (χ4v) is 1.85. The Labute approximate surface area is 115 Å². The van der Waals surface area contributed by atoms with E-state index in [0.717, 1.165) is 0 Å². The number of aromatic hydroxyl groups is 1. The van der Waals surface area contributed by atoms with Gasteiger partial charge in [-0.1, -0.05) is 18.2 Å². The molecule has 20 heavy (non-hydrogen) atoms. The average molecular weight is 278 g/mol. The van der Waals surface area contributed by atoms with Crippen LogP contribution in [0.2, 0.25) is 0 Å². The molecule has 0 saturated carbocycles. The molecule has 0 aliphatic heterocycles. The van der Waals surface area contributed by atoms with Crippen molar-refractivity contribution < 1.29 is 14.2 Å². The molecule has 2 aromatic rings. The topological polar surface area (TPSA) is 75.2 Å². The first kappa shape index (κ1) is 14.2. The lowest BCUT2D eigenvalue weighted by Crippen LogP contribution is -2.16. The predicted molar refractivity (Wildman–Crippen MR) is 72.1 cm³/mol. The highest BCUT2D eigenvalue weighted by molar-refractivity contribution is 5.67. The Hall–Kier alpha value is -2.21. The molecule has 0 aliphatic rings. The number of nitrogens with zero attached hydrogens (tertiary/aromatic N) is 1. The van der Waals surface area contributed by atoms with Gasteiger partial charge >= 0.3 is 0 Å².